The van der Waals surface area contributed by atoms with Gasteiger partial charge in [0.1, 0.15) is 11.6 Å². The largest absolute Gasteiger partial charge is 0.507 e. The number of aromatic hydroxyl groups is 1. The molecule has 5 heteroatoms. The predicted octanol–water partition coefficient (Wildman–Crippen LogP) is 17.7. The standard InChI is InChI=1S/C64H64N3O.Pt/c1-39(2)48-36-56(42(7)8)62(68)57(37-48)63-66-61-55(21-16-22-59(61)67(63)52-29-27-46(28-30-52)60-53(40(3)4)19-15-20-54(60)41(5)6)49-33-50(35-51(34-49)64(9,10)11)58-38-47(31-32-65-58)45-25-23-44(24-26-45)43-17-13-12-14-18-43;/h12-32,34-42,68H,1-11H3;/q-1;/i40D,41D;. The van der Waals surface area contributed by atoms with Crippen LogP contribution in [0.4, 0.5) is 0 Å². The van der Waals surface area contributed by atoms with Crippen molar-refractivity contribution >= 4 is 11.0 Å². The van der Waals surface area contributed by atoms with Crippen LogP contribution in [0.5, 0.6) is 5.75 Å². The van der Waals surface area contributed by atoms with Gasteiger partial charge in [-0.25, -0.2) is 4.98 Å². The van der Waals surface area contributed by atoms with Crippen LogP contribution in [0, 0.1) is 6.07 Å². The Bertz CT molecular complexity index is 3340. The summed E-state index contributed by atoms with van der Waals surface area (Å²) in [5, 5.41) is 12.3. The van der Waals surface area contributed by atoms with Crippen LogP contribution in [-0.2, 0) is 26.5 Å². The zero-order chi connectivity index (χ0) is 49.9. The van der Waals surface area contributed by atoms with Crippen molar-refractivity contribution in [2.45, 2.75) is 105 Å². The predicted molar refractivity (Wildman–Crippen MR) is 287 cm³/mol. The number of hydrogen-bond donors (Lipinski definition) is 1. The smallest absolute Gasteiger partial charge is 0.148 e. The zero-order valence-corrected chi connectivity index (χ0v) is 44.0. The fraction of sp³-hybridized carbons (Fsp3) is 0.250. The van der Waals surface area contributed by atoms with E-state index in [0.717, 1.165) is 89.2 Å². The summed E-state index contributed by atoms with van der Waals surface area (Å²) in [5.41, 5.74) is 17.9. The second kappa shape index (κ2) is 19.9. The molecule has 0 radical (unpaired) electrons. The topological polar surface area (TPSA) is 50.9 Å². The first kappa shape index (κ1) is 46.4. The molecule has 0 atom stereocenters. The van der Waals surface area contributed by atoms with Crippen molar-refractivity contribution < 1.29 is 28.9 Å². The van der Waals surface area contributed by atoms with Crippen LogP contribution >= 0.6 is 0 Å². The molecule has 1 N–H and O–H groups in total. The molecule has 0 saturated heterocycles. The third-order valence-corrected chi connectivity index (χ3v) is 13.3. The maximum atomic E-state index is 12.3. The number of phenols is 1. The first-order valence-electron chi connectivity index (χ1n) is 25.0. The van der Waals surface area contributed by atoms with Crippen LogP contribution in [-0.4, -0.2) is 19.6 Å². The van der Waals surface area contributed by atoms with E-state index in [1.54, 1.807) is 0 Å². The normalized spacial score (nSPS) is 12.6. The molecule has 9 aromatic rings. The van der Waals surface area contributed by atoms with Crippen molar-refractivity contribution in [3.8, 4) is 78.6 Å². The molecule has 0 amide bonds. The van der Waals surface area contributed by atoms with Crippen molar-refractivity contribution in [3.63, 3.8) is 0 Å². The summed E-state index contributed by atoms with van der Waals surface area (Å²) in [4.78, 5) is 10.5. The molecule has 0 fully saturated rings. The molecule has 69 heavy (non-hydrogen) atoms. The Kier molecular flexibility index (Phi) is 13.4. The van der Waals surface area contributed by atoms with E-state index in [1.807, 2.05) is 58.2 Å². The van der Waals surface area contributed by atoms with E-state index in [0.29, 0.717) is 11.4 Å². The first-order valence-corrected chi connectivity index (χ1v) is 24.0. The summed E-state index contributed by atoms with van der Waals surface area (Å²) >= 11 is 0. The van der Waals surface area contributed by atoms with Crippen LogP contribution in [0.15, 0.2) is 158 Å². The van der Waals surface area contributed by atoms with E-state index >= 15 is 0 Å². The summed E-state index contributed by atoms with van der Waals surface area (Å²) in [5.74, 6) is -0.612. The number of imidazole rings is 1. The number of fused-ring (bicyclic) bond motifs is 1. The average Bonchev–Trinajstić information content (AvgIpc) is 3.73. The van der Waals surface area contributed by atoms with E-state index in [2.05, 4.69) is 186 Å². The van der Waals surface area contributed by atoms with Crippen LogP contribution in [0.25, 0.3) is 83.9 Å². The third kappa shape index (κ3) is 9.79. The van der Waals surface area contributed by atoms with Gasteiger partial charge in [0.15, 0.2) is 0 Å². The van der Waals surface area contributed by atoms with Crippen LogP contribution < -0.4 is 0 Å². The van der Waals surface area contributed by atoms with Gasteiger partial charge in [-0.2, -0.15) is 0 Å². The number of hydrogen-bond acceptors (Lipinski definition) is 3. The van der Waals surface area contributed by atoms with Gasteiger partial charge >= 0.3 is 0 Å². The number of pyridine rings is 1. The zero-order valence-electron chi connectivity index (χ0n) is 43.8. The maximum absolute atomic E-state index is 12.3. The molecule has 7 aromatic carbocycles. The van der Waals surface area contributed by atoms with E-state index in [4.69, 9.17) is 12.7 Å². The monoisotopic (exact) mass is 1090 g/mol. The van der Waals surface area contributed by atoms with E-state index < -0.39 is 11.8 Å². The average molecular weight is 1090 g/mol. The molecule has 0 aliphatic rings. The molecular weight excluding hydrogens is 1020 g/mol. The van der Waals surface area contributed by atoms with E-state index in [-0.39, 0.29) is 44.1 Å². The second-order valence-corrected chi connectivity index (χ2v) is 20.4. The molecule has 352 valence electrons. The maximum Gasteiger partial charge on any atom is 0.148 e. The molecule has 0 aliphatic heterocycles. The Morgan fingerprint density at radius 2 is 1.16 bits per heavy atom. The van der Waals surface area contributed by atoms with Gasteiger partial charge in [-0.05, 0) is 115 Å². The molecule has 0 unspecified atom stereocenters. The van der Waals surface area contributed by atoms with E-state index in [1.165, 1.54) is 11.1 Å². The Hall–Kier alpha value is -6.35. The molecule has 2 heterocycles. The van der Waals surface area contributed by atoms with Crippen molar-refractivity contribution in [1.82, 2.24) is 14.5 Å². The molecule has 2 aromatic heterocycles. The summed E-state index contributed by atoms with van der Waals surface area (Å²) in [6, 6.07) is 56.6. The SMILES string of the molecule is [2H]C(C)(C)c1cccc(C([2H])(C)C)c1-c1ccc(-n2c(-c3cc(C(C)C)cc(C(C)C)c3O)nc3c(-c4[c-]c(-c5cc(-c6ccc(-c7ccccc7)cc6)ccn5)cc(C(C)(C)C)c4)cccc32)cc1.[Pt]. The summed E-state index contributed by atoms with van der Waals surface area (Å²) in [7, 11) is 0. The van der Waals surface area contributed by atoms with Crippen molar-refractivity contribution in [1.29, 1.82) is 0 Å². The van der Waals surface area contributed by atoms with Crippen LogP contribution in [0.3, 0.4) is 0 Å². The van der Waals surface area contributed by atoms with Crippen molar-refractivity contribution in [2.24, 2.45) is 0 Å². The Morgan fingerprint density at radius 1 is 0.565 bits per heavy atom. The number of rotatable bonds is 11. The second-order valence-electron chi connectivity index (χ2n) is 20.4. The first-order chi connectivity index (χ1) is 33.2. The minimum Gasteiger partial charge on any atom is -0.507 e. The van der Waals surface area contributed by atoms with Gasteiger partial charge in [-0.15, -0.1) is 29.3 Å². The Morgan fingerprint density at radius 3 is 1.77 bits per heavy atom. The molecule has 4 nitrogen and oxygen atoms in total. The van der Waals surface area contributed by atoms with Crippen molar-refractivity contribution in [2.75, 3.05) is 0 Å². The minimum absolute atomic E-state index is 0. The summed E-state index contributed by atoms with van der Waals surface area (Å²) in [6.45, 7) is 22.9. The number of para-hydroxylation sites is 1. The summed E-state index contributed by atoms with van der Waals surface area (Å²) in [6.07, 6.45) is 1.89. The van der Waals surface area contributed by atoms with Crippen LogP contribution in [0.1, 0.15) is 130 Å². The molecule has 0 bridgehead atoms. The number of nitrogens with zero attached hydrogens (tertiary/aromatic N) is 3. The molecule has 0 spiro atoms. The Balaban J connectivity index is 0.00000676. The molecule has 9 rings (SSSR count). The quantitative estimate of drug-likeness (QED) is 0.131. The number of aromatic nitrogens is 3. The third-order valence-electron chi connectivity index (χ3n) is 13.3. The summed E-state index contributed by atoms with van der Waals surface area (Å²) < 4.78 is 20.4. The number of phenolic OH excluding ortho intramolecular Hbond substituents is 1. The van der Waals surface area contributed by atoms with Crippen molar-refractivity contribution in [3.05, 3.63) is 192 Å². The number of benzene rings is 7. The van der Waals surface area contributed by atoms with Gasteiger partial charge in [0, 0.05) is 41.4 Å². The van der Waals surface area contributed by atoms with Gasteiger partial charge in [-0.3, -0.25) is 9.55 Å². The van der Waals surface area contributed by atoms with Gasteiger partial charge in [-0.1, -0.05) is 196 Å². The Labute approximate surface area is 427 Å². The molecular formula is C64H64N3OPt-. The molecule has 0 aliphatic carbocycles. The van der Waals surface area contributed by atoms with Gasteiger partial charge < -0.3 is 5.11 Å². The minimum atomic E-state index is -0.887. The van der Waals surface area contributed by atoms with Crippen LogP contribution in [0.2, 0.25) is 0 Å². The van der Waals surface area contributed by atoms with E-state index in [9.17, 15) is 5.11 Å². The van der Waals surface area contributed by atoms with Gasteiger partial charge in [0.25, 0.3) is 0 Å². The van der Waals surface area contributed by atoms with Gasteiger partial charge in [0.05, 0.1) is 16.6 Å². The van der Waals surface area contributed by atoms with Gasteiger partial charge in [0.2, 0.25) is 0 Å². The molecule has 0 saturated carbocycles. The fourth-order valence-corrected chi connectivity index (χ4v) is 9.39. The fourth-order valence-electron chi connectivity index (χ4n) is 9.39.